The lowest BCUT2D eigenvalue weighted by molar-refractivity contribution is 0.219. The van der Waals surface area contributed by atoms with E-state index in [4.69, 9.17) is 11.6 Å². The Hall–Kier alpha value is -0.900. The fraction of sp³-hybridized carbons (Fsp3) is 0.0769. The number of hydrogen-bond acceptors (Lipinski definition) is 1. The molecule has 0 amide bonds. The average Bonchev–Trinajstić information content (AvgIpc) is 2.32. The van der Waals surface area contributed by atoms with Gasteiger partial charge in [0, 0.05) is 4.47 Å². The van der Waals surface area contributed by atoms with Crippen LogP contribution in [0, 0.1) is 5.82 Å². The van der Waals surface area contributed by atoms with E-state index in [1.807, 2.05) is 18.2 Å². The second kappa shape index (κ2) is 5.17. The summed E-state index contributed by atoms with van der Waals surface area (Å²) in [6.07, 6.45) is -0.877. The van der Waals surface area contributed by atoms with Crippen LogP contribution in [0.1, 0.15) is 17.2 Å². The molecule has 0 saturated heterocycles. The van der Waals surface area contributed by atoms with Crippen molar-refractivity contribution in [1.82, 2.24) is 0 Å². The van der Waals surface area contributed by atoms with Gasteiger partial charge in [0.25, 0.3) is 0 Å². The smallest absolute Gasteiger partial charge is 0.142 e. The van der Waals surface area contributed by atoms with E-state index in [2.05, 4.69) is 15.9 Å². The lowest BCUT2D eigenvalue weighted by Gasteiger charge is -2.13. The Kier molecular flexibility index (Phi) is 3.82. The van der Waals surface area contributed by atoms with Crippen molar-refractivity contribution >= 4 is 27.5 Å². The molecule has 2 aromatic carbocycles. The number of rotatable bonds is 2. The molecule has 0 aliphatic rings. The Labute approximate surface area is 112 Å². The number of aliphatic hydroxyl groups is 1. The molecule has 2 rings (SSSR count). The highest BCUT2D eigenvalue weighted by Crippen LogP contribution is 2.29. The average molecular weight is 316 g/mol. The molecule has 2 aromatic rings. The Morgan fingerprint density at radius 3 is 2.53 bits per heavy atom. The van der Waals surface area contributed by atoms with E-state index in [0.29, 0.717) is 11.1 Å². The van der Waals surface area contributed by atoms with Crippen molar-refractivity contribution in [2.75, 3.05) is 0 Å². The van der Waals surface area contributed by atoms with Gasteiger partial charge in [-0.2, -0.15) is 0 Å². The van der Waals surface area contributed by atoms with Crippen molar-refractivity contribution in [3.05, 3.63) is 68.9 Å². The largest absolute Gasteiger partial charge is 0.384 e. The number of aliphatic hydroxyl groups excluding tert-OH is 1. The molecule has 0 spiro atoms. The molecule has 1 atom stereocenters. The van der Waals surface area contributed by atoms with Crippen LogP contribution in [-0.2, 0) is 0 Å². The maximum Gasteiger partial charge on any atom is 0.142 e. The summed E-state index contributed by atoms with van der Waals surface area (Å²) in [7, 11) is 0. The first kappa shape index (κ1) is 12.6. The predicted molar refractivity (Wildman–Crippen MR) is 69.6 cm³/mol. The van der Waals surface area contributed by atoms with Crippen molar-refractivity contribution in [2.24, 2.45) is 0 Å². The van der Waals surface area contributed by atoms with Gasteiger partial charge in [-0.25, -0.2) is 4.39 Å². The van der Waals surface area contributed by atoms with Crippen LogP contribution in [0.3, 0.4) is 0 Å². The highest BCUT2D eigenvalue weighted by atomic mass is 79.9. The van der Waals surface area contributed by atoms with E-state index in [9.17, 15) is 9.50 Å². The summed E-state index contributed by atoms with van der Waals surface area (Å²) in [5.74, 6) is -0.532. The van der Waals surface area contributed by atoms with Crippen LogP contribution in [-0.4, -0.2) is 5.11 Å². The van der Waals surface area contributed by atoms with E-state index >= 15 is 0 Å². The van der Waals surface area contributed by atoms with Gasteiger partial charge in [0.2, 0.25) is 0 Å². The van der Waals surface area contributed by atoms with Crippen molar-refractivity contribution in [3.8, 4) is 0 Å². The van der Waals surface area contributed by atoms with E-state index in [-0.39, 0.29) is 5.02 Å². The molecule has 0 radical (unpaired) electrons. The Balaban J connectivity index is 2.40. The third kappa shape index (κ3) is 2.68. The number of benzene rings is 2. The third-order valence-electron chi connectivity index (χ3n) is 2.46. The maximum atomic E-state index is 13.3. The molecule has 1 N–H and O–H groups in total. The van der Waals surface area contributed by atoms with Gasteiger partial charge >= 0.3 is 0 Å². The van der Waals surface area contributed by atoms with E-state index in [1.54, 1.807) is 12.1 Å². The van der Waals surface area contributed by atoms with Crippen LogP contribution in [0.5, 0.6) is 0 Å². The van der Waals surface area contributed by atoms with Crippen LogP contribution in [0.15, 0.2) is 46.9 Å². The molecule has 0 aromatic heterocycles. The quantitative estimate of drug-likeness (QED) is 0.875. The topological polar surface area (TPSA) is 20.2 Å². The lowest BCUT2D eigenvalue weighted by Crippen LogP contribution is -2.01. The van der Waals surface area contributed by atoms with E-state index < -0.39 is 11.9 Å². The van der Waals surface area contributed by atoms with Gasteiger partial charge < -0.3 is 5.11 Å². The summed E-state index contributed by atoms with van der Waals surface area (Å²) in [6, 6.07) is 11.6. The minimum absolute atomic E-state index is 0.0491. The fourth-order valence-electron chi connectivity index (χ4n) is 1.56. The molecular weight excluding hydrogens is 306 g/mol. The number of hydrogen-bond donors (Lipinski definition) is 1. The zero-order valence-corrected chi connectivity index (χ0v) is 11.0. The highest BCUT2D eigenvalue weighted by molar-refractivity contribution is 9.10. The summed E-state index contributed by atoms with van der Waals surface area (Å²) < 4.78 is 14.1. The summed E-state index contributed by atoms with van der Waals surface area (Å²) in [4.78, 5) is 0. The van der Waals surface area contributed by atoms with Gasteiger partial charge in [0.05, 0.1) is 5.02 Å². The first-order valence-electron chi connectivity index (χ1n) is 4.97. The summed E-state index contributed by atoms with van der Waals surface area (Å²) in [5, 5.41) is 10.2. The van der Waals surface area contributed by atoms with Crippen molar-refractivity contribution in [1.29, 1.82) is 0 Å². The van der Waals surface area contributed by atoms with Gasteiger partial charge in [-0.1, -0.05) is 51.8 Å². The molecule has 17 heavy (non-hydrogen) atoms. The van der Waals surface area contributed by atoms with Crippen molar-refractivity contribution < 1.29 is 9.50 Å². The van der Waals surface area contributed by atoms with Crippen molar-refractivity contribution in [2.45, 2.75) is 6.10 Å². The van der Waals surface area contributed by atoms with Gasteiger partial charge in [-0.05, 0) is 29.3 Å². The number of halogens is 3. The van der Waals surface area contributed by atoms with Crippen LogP contribution in [0.4, 0.5) is 4.39 Å². The normalized spacial score (nSPS) is 12.5. The predicted octanol–water partition coefficient (Wildman–Crippen LogP) is 4.32. The van der Waals surface area contributed by atoms with Gasteiger partial charge in [-0.3, -0.25) is 0 Å². The van der Waals surface area contributed by atoms with Crippen LogP contribution in [0.25, 0.3) is 0 Å². The Bertz CT molecular complexity index is 545. The van der Waals surface area contributed by atoms with E-state index in [1.165, 1.54) is 12.1 Å². The first-order chi connectivity index (χ1) is 8.09. The molecule has 4 heteroatoms. The van der Waals surface area contributed by atoms with Gasteiger partial charge in [0.1, 0.15) is 11.9 Å². The van der Waals surface area contributed by atoms with Gasteiger partial charge in [0.15, 0.2) is 0 Å². The molecule has 0 saturated carbocycles. The SMILES string of the molecule is O[C@@H](c1ccc(Cl)c(F)c1)c1ccccc1Br. The Morgan fingerprint density at radius 2 is 1.88 bits per heavy atom. The monoisotopic (exact) mass is 314 g/mol. The summed E-state index contributed by atoms with van der Waals surface area (Å²) >= 11 is 8.94. The standard InChI is InChI=1S/C13H9BrClFO/c14-10-4-2-1-3-9(10)13(17)8-5-6-11(15)12(16)7-8/h1-7,13,17H/t13-/m0/s1. The van der Waals surface area contributed by atoms with Gasteiger partial charge in [-0.15, -0.1) is 0 Å². The molecule has 0 heterocycles. The molecular formula is C13H9BrClFO. The molecule has 0 aliphatic heterocycles. The van der Waals surface area contributed by atoms with Crippen LogP contribution < -0.4 is 0 Å². The van der Waals surface area contributed by atoms with Crippen LogP contribution in [0.2, 0.25) is 5.02 Å². The van der Waals surface area contributed by atoms with E-state index in [0.717, 1.165) is 4.47 Å². The molecule has 0 unspecified atom stereocenters. The third-order valence-corrected chi connectivity index (χ3v) is 3.49. The first-order valence-corrected chi connectivity index (χ1v) is 6.14. The minimum Gasteiger partial charge on any atom is -0.384 e. The highest BCUT2D eigenvalue weighted by Gasteiger charge is 2.14. The zero-order valence-electron chi connectivity index (χ0n) is 8.70. The second-order valence-corrected chi connectivity index (χ2v) is 4.86. The summed E-state index contributed by atoms with van der Waals surface area (Å²) in [5.41, 5.74) is 1.16. The molecule has 0 aliphatic carbocycles. The summed E-state index contributed by atoms with van der Waals surface area (Å²) in [6.45, 7) is 0. The minimum atomic E-state index is -0.877. The van der Waals surface area contributed by atoms with Crippen molar-refractivity contribution in [3.63, 3.8) is 0 Å². The Morgan fingerprint density at radius 1 is 1.18 bits per heavy atom. The lowest BCUT2D eigenvalue weighted by atomic mass is 10.0. The molecule has 0 fully saturated rings. The molecule has 1 nitrogen and oxygen atoms in total. The molecule has 0 bridgehead atoms. The molecule has 88 valence electrons. The van der Waals surface area contributed by atoms with Crippen LogP contribution >= 0.6 is 27.5 Å². The maximum absolute atomic E-state index is 13.3. The fourth-order valence-corrected chi connectivity index (χ4v) is 2.18. The zero-order chi connectivity index (χ0) is 12.4. The second-order valence-electron chi connectivity index (χ2n) is 3.60.